The smallest absolute Gasteiger partial charge is 0.378 e. The zero-order valence-corrected chi connectivity index (χ0v) is 11.6. The van der Waals surface area contributed by atoms with Crippen molar-refractivity contribution in [2.75, 3.05) is 26.3 Å². The van der Waals surface area contributed by atoms with Gasteiger partial charge in [-0.3, -0.25) is 0 Å². The van der Waals surface area contributed by atoms with Crippen LogP contribution < -0.4 is 5.32 Å². The quantitative estimate of drug-likeness (QED) is 0.695. The van der Waals surface area contributed by atoms with Gasteiger partial charge in [0.25, 0.3) is 0 Å². The number of alkyl halides is 3. The van der Waals surface area contributed by atoms with Crippen molar-refractivity contribution in [3.05, 3.63) is 0 Å². The second-order valence-corrected chi connectivity index (χ2v) is 5.45. The molecule has 1 saturated heterocycles. The summed E-state index contributed by atoms with van der Waals surface area (Å²) in [7, 11) is 0. The fourth-order valence-electron chi connectivity index (χ4n) is 1.99. The molecule has 114 valence electrons. The van der Waals surface area contributed by atoms with Crippen LogP contribution in [0.4, 0.5) is 13.2 Å². The Kier molecular flexibility index (Phi) is 7.10. The molecule has 0 spiro atoms. The molecule has 2 atom stereocenters. The monoisotopic (exact) mass is 283 g/mol. The van der Waals surface area contributed by atoms with Gasteiger partial charge in [-0.2, -0.15) is 13.2 Å². The van der Waals surface area contributed by atoms with Gasteiger partial charge in [0.05, 0.1) is 31.8 Å². The molecule has 0 amide bonds. The highest BCUT2D eigenvalue weighted by Crippen LogP contribution is 2.21. The summed E-state index contributed by atoms with van der Waals surface area (Å²) in [6, 6.07) is 0. The molecule has 6 heteroatoms. The highest BCUT2D eigenvalue weighted by Gasteiger charge is 2.28. The van der Waals surface area contributed by atoms with E-state index in [0.717, 1.165) is 25.9 Å². The van der Waals surface area contributed by atoms with E-state index in [9.17, 15) is 13.2 Å². The summed E-state index contributed by atoms with van der Waals surface area (Å²) >= 11 is 0. The van der Waals surface area contributed by atoms with Crippen LogP contribution in [-0.4, -0.2) is 44.7 Å². The third-order valence-electron chi connectivity index (χ3n) is 2.95. The number of ether oxygens (including phenoxy) is 2. The van der Waals surface area contributed by atoms with Crippen molar-refractivity contribution in [2.24, 2.45) is 5.92 Å². The molecule has 0 saturated carbocycles. The first-order chi connectivity index (χ1) is 8.87. The largest absolute Gasteiger partial charge is 0.391 e. The molecule has 0 bridgehead atoms. The number of halogens is 3. The molecule has 1 heterocycles. The van der Waals surface area contributed by atoms with Crippen molar-refractivity contribution in [2.45, 2.75) is 51.5 Å². The third kappa shape index (κ3) is 8.44. The predicted molar refractivity (Wildman–Crippen MR) is 67.1 cm³/mol. The van der Waals surface area contributed by atoms with Gasteiger partial charge in [-0.05, 0) is 25.3 Å². The maximum absolute atomic E-state index is 11.9. The van der Waals surface area contributed by atoms with E-state index in [0.29, 0.717) is 5.92 Å². The molecule has 0 aliphatic carbocycles. The molecule has 1 N–H and O–H groups in total. The molecule has 0 radical (unpaired) electrons. The number of hydrogen-bond donors (Lipinski definition) is 1. The molecule has 1 fully saturated rings. The topological polar surface area (TPSA) is 30.5 Å². The van der Waals surface area contributed by atoms with Crippen LogP contribution in [0.5, 0.6) is 0 Å². The first-order valence-corrected chi connectivity index (χ1v) is 6.87. The number of hydrogen-bond acceptors (Lipinski definition) is 3. The zero-order valence-electron chi connectivity index (χ0n) is 11.6. The normalized spacial score (nSPS) is 24.3. The van der Waals surface area contributed by atoms with Gasteiger partial charge in [0.1, 0.15) is 0 Å². The summed E-state index contributed by atoms with van der Waals surface area (Å²) in [5, 5.41) is 3.32. The highest BCUT2D eigenvalue weighted by atomic mass is 19.4. The molecule has 1 aliphatic rings. The van der Waals surface area contributed by atoms with Crippen LogP contribution in [0.1, 0.15) is 33.1 Å². The van der Waals surface area contributed by atoms with Crippen LogP contribution in [0.2, 0.25) is 0 Å². The molecule has 1 rings (SSSR count). The number of nitrogens with one attached hydrogen (secondary N) is 1. The summed E-state index contributed by atoms with van der Waals surface area (Å²) in [6.45, 7) is 6.01. The fraction of sp³-hybridized carbons (Fsp3) is 1.00. The van der Waals surface area contributed by atoms with Crippen molar-refractivity contribution in [1.82, 2.24) is 5.32 Å². The Labute approximate surface area is 112 Å². The van der Waals surface area contributed by atoms with Gasteiger partial charge in [0.2, 0.25) is 0 Å². The van der Waals surface area contributed by atoms with Gasteiger partial charge >= 0.3 is 6.18 Å². The second kappa shape index (κ2) is 8.07. The first kappa shape index (κ1) is 16.7. The molecule has 0 aromatic heterocycles. The Bertz CT molecular complexity index is 247. The first-order valence-electron chi connectivity index (χ1n) is 6.87. The number of rotatable bonds is 8. The highest BCUT2D eigenvalue weighted by molar-refractivity contribution is 4.75. The van der Waals surface area contributed by atoms with Crippen molar-refractivity contribution < 1.29 is 22.6 Å². The van der Waals surface area contributed by atoms with Crippen LogP contribution >= 0.6 is 0 Å². The van der Waals surface area contributed by atoms with Crippen molar-refractivity contribution in [3.8, 4) is 0 Å². The zero-order chi connectivity index (χ0) is 14.3. The van der Waals surface area contributed by atoms with E-state index in [1.54, 1.807) is 0 Å². The Balaban J connectivity index is 2.02. The lowest BCUT2D eigenvalue weighted by atomic mass is 10.2. The summed E-state index contributed by atoms with van der Waals surface area (Å²) in [6.07, 6.45) is -3.12. The van der Waals surface area contributed by atoms with E-state index >= 15 is 0 Å². The molecule has 0 aromatic carbocycles. The second-order valence-electron chi connectivity index (χ2n) is 5.45. The van der Waals surface area contributed by atoms with Gasteiger partial charge in [-0.1, -0.05) is 13.8 Å². The minimum Gasteiger partial charge on any atom is -0.378 e. The van der Waals surface area contributed by atoms with Gasteiger partial charge in [0.15, 0.2) is 0 Å². The fourth-order valence-corrected chi connectivity index (χ4v) is 1.99. The van der Waals surface area contributed by atoms with E-state index < -0.39 is 12.6 Å². The minimum atomic E-state index is -4.14. The van der Waals surface area contributed by atoms with Crippen LogP contribution in [0, 0.1) is 5.92 Å². The standard InChI is InChI=1S/C13H24F3NO2/c1-10(2)7-17-8-11-3-4-12(19-11)9-18-6-5-13(14,15)16/h10-12,17H,3-9H2,1-2H3. The Morgan fingerprint density at radius 3 is 2.58 bits per heavy atom. The van der Waals surface area contributed by atoms with Crippen LogP contribution in [-0.2, 0) is 9.47 Å². The molecule has 1 aliphatic heterocycles. The van der Waals surface area contributed by atoms with E-state index in [1.807, 2.05) is 0 Å². The van der Waals surface area contributed by atoms with Crippen LogP contribution in [0.25, 0.3) is 0 Å². The molecule has 2 unspecified atom stereocenters. The van der Waals surface area contributed by atoms with E-state index in [2.05, 4.69) is 19.2 Å². The van der Waals surface area contributed by atoms with E-state index in [1.165, 1.54) is 0 Å². The Morgan fingerprint density at radius 1 is 1.26 bits per heavy atom. The maximum Gasteiger partial charge on any atom is 0.391 e. The summed E-state index contributed by atoms with van der Waals surface area (Å²) in [5.74, 6) is 0.600. The van der Waals surface area contributed by atoms with Gasteiger partial charge in [-0.25, -0.2) is 0 Å². The summed E-state index contributed by atoms with van der Waals surface area (Å²) < 4.78 is 46.4. The lowest BCUT2D eigenvalue weighted by molar-refractivity contribution is -0.147. The van der Waals surface area contributed by atoms with E-state index in [-0.39, 0.29) is 25.4 Å². The Morgan fingerprint density at radius 2 is 1.95 bits per heavy atom. The molecule has 0 aromatic rings. The van der Waals surface area contributed by atoms with Gasteiger partial charge in [0, 0.05) is 6.54 Å². The van der Waals surface area contributed by atoms with Crippen LogP contribution in [0.15, 0.2) is 0 Å². The summed E-state index contributed by atoms with van der Waals surface area (Å²) in [5.41, 5.74) is 0. The SMILES string of the molecule is CC(C)CNCC1CCC(COCCC(F)(F)F)O1. The Hall–Kier alpha value is -0.330. The van der Waals surface area contributed by atoms with Crippen LogP contribution in [0.3, 0.4) is 0 Å². The average Bonchev–Trinajstić information content (AvgIpc) is 2.71. The van der Waals surface area contributed by atoms with Crippen molar-refractivity contribution >= 4 is 0 Å². The van der Waals surface area contributed by atoms with Gasteiger partial charge in [-0.15, -0.1) is 0 Å². The minimum absolute atomic E-state index is 0.0564. The molecule has 19 heavy (non-hydrogen) atoms. The lowest BCUT2D eigenvalue weighted by Crippen LogP contribution is -2.30. The average molecular weight is 283 g/mol. The third-order valence-corrected chi connectivity index (χ3v) is 2.95. The van der Waals surface area contributed by atoms with Crippen molar-refractivity contribution in [3.63, 3.8) is 0 Å². The summed E-state index contributed by atoms with van der Waals surface area (Å²) in [4.78, 5) is 0. The predicted octanol–water partition coefficient (Wildman–Crippen LogP) is 2.75. The maximum atomic E-state index is 11.9. The lowest BCUT2D eigenvalue weighted by Gasteiger charge is -2.15. The van der Waals surface area contributed by atoms with Gasteiger partial charge < -0.3 is 14.8 Å². The van der Waals surface area contributed by atoms with Crippen molar-refractivity contribution in [1.29, 1.82) is 0 Å². The molecular formula is C13H24F3NO2. The van der Waals surface area contributed by atoms with E-state index in [4.69, 9.17) is 9.47 Å². The molecule has 3 nitrogen and oxygen atoms in total. The molecular weight excluding hydrogens is 259 g/mol.